The van der Waals surface area contributed by atoms with Crippen molar-refractivity contribution < 1.29 is 9.59 Å². The molecule has 0 aliphatic carbocycles. The van der Waals surface area contributed by atoms with Crippen molar-refractivity contribution in [3.8, 4) is 0 Å². The van der Waals surface area contributed by atoms with Crippen molar-refractivity contribution in [2.45, 2.75) is 33.1 Å². The van der Waals surface area contributed by atoms with Gasteiger partial charge in [0.2, 0.25) is 11.8 Å². The summed E-state index contributed by atoms with van der Waals surface area (Å²) in [6, 6.07) is 0. The van der Waals surface area contributed by atoms with Crippen molar-refractivity contribution in [2.75, 3.05) is 13.1 Å². The molecule has 0 atom stereocenters. The second-order valence-electron chi connectivity index (χ2n) is 3.64. The van der Waals surface area contributed by atoms with Crippen LogP contribution in [0.15, 0.2) is 24.3 Å². The molecule has 17 heavy (non-hydrogen) atoms. The molecule has 0 aromatic carbocycles. The van der Waals surface area contributed by atoms with Crippen molar-refractivity contribution in [2.24, 2.45) is 0 Å². The Morgan fingerprint density at radius 2 is 1.94 bits per heavy atom. The Labute approximate surface area is 103 Å². The third-order valence-corrected chi connectivity index (χ3v) is 2.07. The van der Waals surface area contributed by atoms with Crippen LogP contribution in [-0.2, 0) is 9.59 Å². The van der Waals surface area contributed by atoms with Gasteiger partial charge in [0.25, 0.3) is 0 Å². The monoisotopic (exact) mass is 238 g/mol. The maximum absolute atomic E-state index is 11.2. The number of nitrogens with one attached hydrogen (secondary N) is 2. The van der Waals surface area contributed by atoms with Crippen LogP contribution in [-0.4, -0.2) is 24.9 Å². The number of hydrogen-bond donors (Lipinski definition) is 2. The molecule has 0 radical (unpaired) electrons. The summed E-state index contributed by atoms with van der Waals surface area (Å²) in [5.74, 6) is -0.402. The maximum atomic E-state index is 11.2. The molecule has 4 nitrogen and oxygen atoms in total. The first-order valence-corrected chi connectivity index (χ1v) is 6.03. The summed E-state index contributed by atoms with van der Waals surface area (Å²) in [4.78, 5) is 22.5. The molecule has 0 aromatic heterocycles. The Kier molecular flexibility index (Phi) is 9.91. The minimum atomic E-state index is -0.220. The van der Waals surface area contributed by atoms with Gasteiger partial charge in [-0.2, -0.15) is 0 Å². The number of amides is 2. The van der Waals surface area contributed by atoms with E-state index >= 15 is 0 Å². The lowest BCUT2D eigenvalue weighted by Gasteiger charge is -2.02. The molecule has 2 N–H and O–H groups in total. The number of carbonyl (C=O) groups is 2. The van der Waals surface area contributed by atoms with Crippen LogP contribution < -0.4 is 10.6 Å². The second kappa shape index (κ2) is 10.9. The number of hydrogen-bond acceptors (Lipinski definition) is 2. The number of rotatable bonds is 8. The first-order chi connectivity index (χ1) is 8.20. The molecule has 0 aliphatic rings. The van der Waals surface area contributed by atoms with Crippen molar-refractivity contribution >= 4 is 11.8 Å². The minimum Gasteiger partial charge on any atom is -0.351 e. The molecule has 0 saturated heterocycles. The Bertz CT molecular complexity index is 283. The summed E-state index contributed by atoms with van der Waals surface area (Å²) >= 11 is 0. The van der Waals surface area contributed by atoms with E-state index in [1.165, 1.54) is 6.08 Å². The van der Waals surface area contributed by atoms with Crippen LogP contribution in [0.25, 0.3) is 0 Å². The van der Waals surface area contributed by atoms with E-state index in [-0.39, 0.29) is 18.4 Å². The summed E-state index contributed by atoms with van der Waals surface area (Å²) in [7, 11) is 0. The highest BCUT2D eigenvalue weighted by Crippen LogP contribution is 1.94. The highest BCUT2D eigenvalue weighted by molar-refractivity contribution is 5.91. The fourth-order valence-corrected chi connectivity index (χ4v) is 1.09. The molecule has 0 bridgehead atoms. The van der Waals surface area contributed by atoms with E-state index in [0.29, 0.717) is 6.54 Å². The number of allylic oxidation sites excluding steroid dienone is 2. The van der Waals surface area contributed by atoms with Crippen LogP contribution in [0, 0.1) is 0 Å². The fourth-order valence-electron chi connectivity index (χ4n) is 1.09. The quantitative estimate of drug-likeness (QED) is 0.383. The predicted molar refractivity (Wildman–Crippen MR) is 69.5 cm³/mol. The zero-order valence-electron chi connectivity index (χ0n) is 10.7. The Hall–Kier alpha value is -1.58. The molecule has 0 spiro atoms. The molecular weight excluding hydrogens is 216 g/mol. The van der Waals surface area contributed by atoms with Gasteiger partial charge in [0.15, 0.2) is 0 Å². The van der Waals surface area contributed by atoms with Crippen LogP contribution in [0.2, 0.25) is 0 Å². The maximum Gasteiger partial charge on any atom is 0.244 e. The van der Waals surface area contributed by atoms with Gasteiger partial charge in [0.1, 0.15) is 0 Å². The van der Waals surface area contributed by atoms with Gasteiger partial charge >= 0.3 is 0 Å². The lowest BCUT2D eigenvalue weighted by atomic mass is 10.2. The molecular formula is C13H22N2O2. The van der Waals surface area contributed by atoms with Crippen molar-refractivity contribution in [1.82, 2.24) is 10.6 Å². The van der Waals surface area contributed by atoms with Gasteiger partial charge in [0, 0.05) is 6.54 Å². The van der Waals surface area contributed by atoms with Crippen molar-refractivity contribution in [3.05, 3.63) is 24.3 Å². The first-order valence-electron chi connectivity index (χ1n) is 6.03. The van der Waals surface area contributed by atoms with Gasteiger partial charge in [-0.15, -0.1) is 0 Å². The van der Waals surface area contributed by atoms with Gasteiger partial charge in [-0.3, -0.25) is 9.59 Å². The van der Waals surface area contributed by atoms with E-state index in [4.69, 9.17) is 0 Å². The van der Waals surface area contributed by atoms with E-state index in [2.05, 4.69) is 17.6 Å². The summed E-state index contributed by atoms with van der Waals surface area (Å²) in [6.45, 7) is 4.50. The molecule has 0 aliphatic heterocycles. The highest BCUT2D eigenvalue weighted by Gasteiger charge is 2.00. The van der Waals surface area contributed by atoms with Gasteiger partial charge in [0.05, 0.1) is 6.54 Å². The predicted octanol–water partition coefficient (Wildman–Crippen LogP) is 1.54. The topological polar surface area (TPSA) is 58.2 Å². The van der Waals surface area contributed by atoms with Gasteiger partial charge in [-0.25, -0.2) is 0 Å². The molecule has 0 unspecified atom stereocenters. The summed E-state index contributed by atoms with van der Waals surface area (Å²) in [5, 5.41) is 5.18. The molecule has 2 amide bonds. The van der Waals surface area contributed by atoms with E-state index in [9.17, 15) is 9.59 Å². The average molecular weight is 238 g/mol. The Morgan fingerprint density at radius 3 is 2.59 bits per heavy atom. The van der Waals surface area contributed by atoms with Gasteiger partial charge in [-0.1, -0.05) is 38.0 Å². The number of unbranched alkanes of at least 4 members (excludes halogenated alkanes) is 2. The van der Waals surface area contributed by atoms with Gasteiger partial charge < -0.3 is 10.6 Å². The highest BCUT2D eigenvalue weighted by atomic mass is 16.2. The van der Waals surface area contributed by atoms with Crippen LogP contribution in [0.3, 0.4) is 0 Å². The standard InChI is InChI=1S/C13H22N2O2/c1-3-5-7-8-9-12(16)15-11-13(17)14-10-6-4-2/h4,6,8-9H,3,5,7,10-11H2,1-2H3,(H,14,17)(H,15,16)/b6-4+,9-8+. The van der Waals surface area contributed by atoms with Gasteiger partial charge in [-0.05, 0) is 19.4 Å². The Morgan fingerprint density at radius 1 is 1.18 bits per heavy atom. The van der Waals surface area contributed by atoms with Crippen LogP contribution in [0.5, 0.6) is 0 Å². The third-order valence-electron chi connectivity index (χ3n) is 2.07. The lowest BCUT2D eigenvalue weighted by molar-refractivity contribution is -0.123. The first kappa shape index (κ1) is 15.4. The number of carbonyl (C=O) groups excluding carboxylic acids is 2. The molecule has 0 saturated carbocycles. The second-order valence-corrected chi connectivity index (χ2v) is 3.64. The fraction of sp³-hybridized carbons (Fsp3) is 0.538. The molecule has 0 aromatic rings. The third kappa shape index (κ3) is 10.7. The zero-order chi connectivity index (χ0) is 12.9. The summed E-state index contributed by atoms with van der Waals surface area (Å²) in [6.07, 6.45) is 10.1. The summed E-state index contributed by atoms with van der Waals surface area (Å²) < 4.78 is 0. The summed E-state index contributed by atoms with van der Waals surface area (Å²) in [5.41, 5.74) is 0. The Balaban J connectivity index is 3.61. The molecule has 96 valence electrons. The smallest absolute Gasteiger partial charge is 0.244 e. The largest absolute Gasteiger partial charge is 0.351 e. The molecule has 0 rings (SSSR count). The van der Waals surface area contributed by atoms with E-state index < -0.39 is 0 Å². The van der Waals surface area contributed by atoms with E-state index in [1.54, 1.807) is 0 Å². The zero-order valence-corrected chi connectivity index (χ0v) is 10.7. The average Bonchev–Trinajstić information content (AvgIpc) is 2.32. The van der Waals surface area contributed by atoms with Crippen LogP contribution in [0.4, 0.5) is 0 Å². The normalized spacial score (nSPS) is 10.9. The van der Waals surface area contributed by atoms with Crippen LogP contribution in [0.1, 0.15) is 33.1 Å². The van der Waals surface area contributed by atoms with Crippen LogP contribution >= 0.6 is 0 Å². The van der Waals surface area contributed by atoms with Crippen molar-refractivity contribution in [3.63, 3.8) is 0 Å². The molecule has 0 heterocycles. The van der Waals surface area contributed by atoms with E-state index in [0.717, 1.165) is 19.3 Å². The molecule has 4 heteroatoms. The van der Waals surface area contributed by atoms with Crippen molar-refractivity contribution in [1.29, 1.82) is 0 Å². The molecule has 0 fully saturated rings. The van der Waals surface area contributed by atoms with E-state index in [1.807, 2.05) is 25.2 Å². The minimum absolute atomic E-state index is 0.0223. The SMILES string of the molecule is C/C=C/CNC(=O)CNC(=O)/C=C/CCCC. The lowest BCUT2D eigenvalue weighted by Crippen LogP contribution is -2.36.